The predicted octanol–water partition coefficient (Wildman–Crippen LogP) is 2.40. The molecule has 0 amide bonds. The van der Waals surface area contributed by atoms with Crippen LogP contribution in [0.1, 0.15) is 17.0 Å². The van der Waals surface area contributed by atoms with Crippen LogP contribution in [-0.2, 0) is 0 Å². The zero-order valence-electron chi connectivity index (χ0n) is 10.6. The van der Waals surface area contributed by atoms with Gasteiger partial charge in [-0.2, -0.15) is 0 Å². The smallest absolute Gasteiger partial charge is 0.0593 e. The van der Waals surface area contributed by atoms with E-state index in [1.807, 2.05) is 43.4 Å². The predicted molar refractivity (Wildman–Crippen MR) is 74.7 cm³/mol. The van der Waals surface area contributed by atoms with Gasteiger partial charge in [0.25, 0.3) is 0 Å². The first kappa shape index (κ1) is 12.8. The Morgan fingerprint density at radius 3 is 1.67 bits per heavy atom. The molecule has 2 nitrogen and oxygen atoms in total. The molecule has 0 aromatic heterocycles. The van der Waals surface area contributed by atoms with E-state index in [0.717, 1.165) is 0 Å². The van der Waals surface area contributed by atoms with Gasteiger partial charge in [-0.25, -0.2) is 0 Å². The van der Waals surface area contributed by atoms with E-state index in [9.17, 15) is 5.11 Å². The average Bonchev–Trinajstić information content (AvgIpc) is 2.46. The Morgan fingerprint density at radius 2 is 1.33 bits per heavy atom. The second-order valence-electron chi connectivity index (χ2n) is 4.38. The van der Waals surface area contributed by atoms with Crippen molar-refractivity contribution in [3.8, 4) is 0 Å². The molecule has 0 saturated carbocycles. The number of likely N-dealkylation sites (N-methyl/N-ethyl adjacent to an activating group) is 1. The topological polar surface area (TPSA) is 32.3 Å². The molecule has 2 aromatic carbocycles. The van der Waals surface area contributed by atoms with Crippen molar-refractivity contribution in [2.24, 2.45) is 0 Å². The number of hydrogen-bond donors (Lipinski definition) is 2. The third-order valence-electron chi connectivity index (χ3n) is 3.29. The van der Waals surface area contributed by atoms with Gasteiger partial charge in [0.15, 0.2) is 0 Å². The lowest BCUT2D eigenvalue weighted by Crippen LogP contribution is -2.36. The Balaban J connectivity index is 2.41. The second kappa shape index (κ2) is 6.34. The third kappa shape index (κ3) is 2.78. The van der Waals surface area contributed by atoms with E-state index in [1.165, 1.54) is 11.1 Å². The minimum Gasteiger partial charge on any atom is -0.395 e. The van der Waals surface area contributed by atoms with Crippen molar-refractivity contribution in [3.63, 3.8) is 0 Å². The molecule has 0 heterocycles. The maximum Gasteiger partial charge on any atom is 0.0593 e. The number of benzene rings is 2. The number of nitrogens with one attached hydrogen (secondary N) is 1. The molecule has 0 aliphatic heterocycles. The van der Waals surface area contributed by atoms with Gasteiger partial charge in [0, 0.05) is 12.0 Å². The summed E-state index contributed by atoms with van der Waals surface area (Å²) in [5, 5.41) is 12.8. The summed E-state index contributed by atoms with van der Waals surface area (Å²) >= 11 is 0. The highest BCUT2D eigenvalue weighted by atomic mass is 16.3. The van der Waals surface area contributed by atoms with Crippen LogP contribution in [0.5, 0.6) is 0 Å². The average molecular weight is 241 g/mol. The van der Waals surface area contributed by atoms with E-state index in [1.54, 1.807) is 0 Å². The largest absolute Gasteiger partial charge is 0.395 e. The first-order valence-electron chi connectivity index (χ1n) is 6.25. The van der Waals surface area contributed by atoms with Crippen LogP contribution in [0.15, 0.2) is 60.7 Å². The SMILES string of the molecule is CNC(CO)C(c1ccccc1)c1ccccc1. The van der Waals surface area contributed by atoms with E-state index in [2.05, 4.69) is 29.6 Å². The van der Waals surface area contributed by atoms with Crippen molar-refractivity contribution >= 4 is 0 Å². The van der Waals surface area contributed by atoms with Gasteiger partial charge in [0.05, 0.1) is 6.61 Å². The molecule has 2 heteroatoms. The summed E-state index contributed by atoms with van der Waals surface area (Å²) < 4.78 is 0. The fraction of sp³-hybridized carbons (Fsp3) is 0.250. The van der Waals surface area contributed by atoms with Crippen molar-refractivity contribution in [1.29, 1.82) is 0 Å². The van der Waals surface area contributed by atoms with Gasteiger partial charge >= 0.3 is 0 Å². The maximum absolute atomic E-state index is 9.56. The summed E-state index contributed by atoms with van der Waals surface area (Å²) in [6, 6.07) is 20.6. The van der Waals surface area contributed by atoms with Crippen molar-refractivity contribution in [3.05, 3.63) is 71.8 Å². The van der Waals surface area contributed by atoms with Crippen LogP contribution >= 0.6 is 0 Å². The Hall–Kier alpha value is -1.64. The lowest BCUT2D eigenvalue weighted by molar-refractivity contribution is 0.238. The Kier molecular flexibility index (Phi) is 4.51. The molecular formula is C16H19NO. The summed E-state index contributed by atoms with van der Waals surface area (Å²) in [5.41, 5.74) is 2.44. The molecule has 0 aliphatic carbocycles. The van der Waals surface area contributed by atoms with E-state index in [4.69, 9.17) is 0 Å². The first-order valence-corrected chi connectivity index (χ1v) is 6.25. The van der Waals surface area contributed by atoms with Gasteiger partial charge < -0.3 is 10.4 Å². The van der Waals surface area contributed by atoms with Crippen LogP contribution in [0.2, 0.25) is 0 Å². The minimum absolute atomic E-state index is 0.0230. The van der Waals surface area contributed by atoms with Gasteiger partial charge in [0.1, 0.15) is 0 Å². The molecule has 1 unspecified atom stereocenters. The van der Waals surface area contributed by atoms with Gasteiger partial charge in [-0.05, 0) is 18.2 Å². The summed E-state index contributed by atoms with van der Waals surface area (Å²) in [6.07, 6.45) is 0. The molecule has 1 atom stereocenters. The van der Waals surface area contributed by atoms with E-state index < -0.39 is 0 Å². The summed E-state index contributed by atoms with van der Waals surface area (Å²) in [5.74, 6) is 0.169. The van der Waals surface area contributed by atoms with Crippen LogP contribution in [0.4, 0.5) is 0 Å². The molecule has 94 valence electrons. The number of aliphatic hydroxyl groups excluding tert-OH is 1. The van der Waals surface area contributed by atoms with Crippen LogP contribution in [0.25, 0.3) is 0 Å². The fourth-order valence-corrected chi connectivity index (χ4v) is 2.34. The maximum atomic E-state index is 9.56. The molecule has 2 rings (SSSR count). The highest BCUT2D eigenvalue weighted by Crippen LogP contribution is 2.27. The molecule has 2 N–H and O–H groups in total. The fourth-order valence-electron chi connectivity index (χ4n) is 2.34. The van der Waals surface area contributed by atoms with Gasteiger partial charge in [-0.1, -0.05) is 60.7 Å². The molecule has 0 spiro atoms. The third-order valence-corrected chi connectivity index (χ3v) is 3.29. The molecule has 0 saturated heterocycles. The van der Waals surface area contributed by atoms with Crippen LogP contribution in [0.3, 0.4) is 0 Å². The molecule has 2 aromatic rings. The summed E-state index contributed by atoms with van der Waals surface area (Å²) in [7, 11) is 1.89. The van der Waals surface area contributed by atoms with Gasteiger partial charge in [-0.3, -0.25) is 0 Å². The quantitative estimate of drug-likeness (QED) is 0.842. The van der Waals surface area contributed by atoms with E-state index in [-0.39, 0.29) is 18.6 Å². The molecule has 0 bridgehead atoms. The zero-order valence-corrected chi connectivity index (χ0v) is 10.6. The highest BCUT2D eigenvalue weighted by molar-refractivity contribution is 5.34. The van der Waals surface area contributed by atoms with Crippen molar-refractivity contribution in [2.45, 2.75) is 12.0 Å². The normalized spacial score (nSPS) is 12.6. The van der Waals surface area contributed by atoms with Crippen molar-refractivity contribution in [2.75, 3.05) is 13.7 Å². The van der Waals surface area contributed by atoms with Gasteiger partial charge in [-0.15, -0.1) is 0 Å². The number of rotatable bonds is 5. The first-order chi connectivity index (χ1) is 8.86. The van der Waals surface area contributed by atoms with Crippen LogP contribution in [0, 0.1) is 0 Å². The van der Waals surface area contributed by atoms with Crippen LogP contribution < -0.4 is 5.32 Å². The second-order valence-corrected chi connectivity index (χ2v) is 4.38. The van der Waals surface area contributed by atoms with E-state index >= 15 is 0 Å². The zero-order chi connectivity index (χ0) is 12.8. The highest BCUT2D eigenvalue weighted by Gasteiger charge is 2.22. The molecule has 0 aliphatic rings. The molecule has 0 radical (unpaired) electrons. The standard InChI is InChI=1S/C16H19NO/c1-17-15(12-18)16(13-8-4-2-5-9-13)14-10-6-3-7-11-14/h2-11,15-18H,12H2,1H3. The number of hydrogen-bond acceptors (Lipinski definition) is 2. The summed E-state index contributed by atoms with van der Waals surface area (Å²) in [4.78, 5) is 0. The summed E-state index contributed by atoms with van der Waals surface area (Å²) in [6.45, 7) is 0.116. The monoisotopic (exact) mass is 241 g/mol. The lowest BCUT2D eigenvalue weighted by atomic mass is 9.85. The molecular weight excluding hydrogens is 222 g/mol. The number of aliphatic hydroxyl groups is 1. The Labute approximate surface area is 108 Å². The molecule has 18 heavy (non-hydrogen) atoms. The van der Waals surface area contributed by atoms with E-state index in [0.29, 0.717) is 0 Å². The Morgan fingerprint density at radius 1 is 0.889 bits per heavy atom. The lowest BCUT2D eigenvalue weighted by Gasteiger charge is -2.26. The Bertz CT molecular complexity index is 412. The van der Waals surface area contributed by atoms with Crippen molar-refractivity contribution in [1.82, 2.24) is 5.32 Å². The van der Waals surface area contributed by atoms with Crippen molar-refractivity contribution < 1.29 is 5.11 Å². The van der Waals surface area contributed by atoms with Crippen LogP contribution in [-0.4, -0.2) is 24.8 Å². The minimum atomic E-state index is 0.0230. The molecule has 0 fully saturated rings. The van der Waals surface area contributed by atoms with Gasteiger partial charge in [0.2, 0.25) is 0 Å².